The Kier molecular flexibility index (Phi) is 4.48. The van der Waals surface area contributed by atoms with E-state index < -0.39 is 0 Å². The Morgan fingerprint density at radius 1 is 1.56 bits per heavy atom. The van der Waals surface area contributed by atoms with Gasteiger partial charge in [-0.15, -0.1) is 11.3 Å². The van der Waals surface area contributed by atoms with Crippen molar-refractivity contribution in [1.82, 2.24) is 5.32 Å². The second-order valence-electron chi connectivity index (χ2n) is 4.54. The van der Waals surface area contributed by atoms with Crippen LogP contribution in [0, 0.1) is 11.3 Å². The Morgan fingerprint density at radius 2 is 2.25 bits per heavy atom. The number of thiophene rings is 1. The number of hydrogen-bond donors (Lipinski definition) is 2. The zero-order chi connectivity index (χ0) is 12.2. The first kappa shape index (κ1) is 13.2. The molecule has 0 fully saturated rings. The molecular formula is C12H18N2OS. The molecule has 1 rings (SSSR count). The number of hydrogen-bond acceptors (Lipinski definition) is 4. The molecule has 0 saturated heterocycles. The van der Waals surface area contributed by atoms with Crippen molar-refractivity contribution in [3.63, 3.8) is 0 Å². The van der Waals surface area contributed by atoms with E-state index in [0.29, 0.717) is 6.42 Å². The molecular weight excluding hydrogens is 220 g/mol. The van der Waals surface area contributed by atoms with E-state index >= 15 is 0 Å². The zero-order valence-electron chi connectivity index (χ0n) is 9.95. The third-order valence-electron chi connectivity index (χ3n) is 2.51. The fourth-order valence-corrected chi connectivity index (χ4v) is 2.46. The summed E-state index contributed by atoms with van der Waals surface area (Å²) in [4.78, 5) is 1.89. The second kappa shape index (κ2) is 5.44. The zero-order valence-corrected chi connectivity index (χ0v) is 10.8. The van der Waals surface area contributed by atoms with Crippen molar-refractivity contribution in [2.24, 2.45) is 0 Å². The lowest BCUT2D eigenvalue weighted by Gasteiger charge is -2.29. The van der Waals surface area contributed by atoms with Crippen LogP contribution in [0.3, 0.4) is 0 Å². The molecule has 2 N–H and O–H groups in total. The van der Waals surface area contributed by atoms with Gasteiger partial charge in [-0.05, 0) is 39.3 Å². The molecule has 1 heterocycles. The van der Waals surface area contributed by atoms with E-state index in [1.165, 1.54) is 11.3 Å². The maximum atomic E-state index is 8.95. The van der Waals surface area contributed by atoms with E-state index in [2.05, 4.69) is 32.2 Å². The Labute approximate surface area is 101 Å². The first-order valence-corrected chi connectivity index (χ1v) is 6.18. The van der Waals surface area contributed by atoms with Crippen molar-refractivity contribution in [2.45, 2.75) is 38.8 Å². The molecule has 1 unspecified atom stereocenters. The van der Waals surface area contributed by atoms with Crippen LogP contribution in [0.25, 0.3) is 0 Å². The van der Waals surface area contributed by atoms with Crippen LogP contribution in [0.4, 0.5) is 0 Å². The number of nitriles is 1. The number of aliphatic hydroxyl groups is 1. The van der Waals surface area contributed by atoms with Crippen molar-refractivity contribution in [1.29, 1.82) is 5.26 Å². The summed E-state index contributed by atoms with van der Waals surface area (Å²) in [6.07, 6.45) is 0.716. The predicted molar refractivity (Wildman–Crippen MR) is 66.4 cm³/mol. The average molecular weight is 238 g/mol. The van der Waals surface area contributed by atoms with Crippen molar-refractivity contribution >= 4 is 11.3 Å². The van der Waals surface area contributed by atoms with Crippen LogP contribution in [0.5, 0.6) is 0 Å². The number of rotatable bonds is 5. The molecule has 3 nitrogen and oxygen atoms in total. The number of nitrogens with zero attached hydrogens (tertiary/aromatic N) is 1. The summed E-state index contributed by atoms with van der Waals surface area (Å²) < 4.78 is 0. The molecule has 1 atom stereocenters. The molecule has 0 saturated carbocycles. The third kappa shape index (κ3) is 3.60. The van der Waals surface area contributed by atoms with E-state index in [1.807, 2.05) is 12.1 Å². The van der Waals surface area contributed by atoms with Crippen LogP contribution < -0.4 is 5.32 Å². The molecule has 0 aliphatic carbocycles. The van der Waals surface area contributed by atoms with Crippen molar-refractivity contribution < 1.29 is 5.11 Å². The van der Waals surface area contributed by atoms with E-state index in [9.17, 15) is 0 Å². The summed E-state index contributed by atoms with van der Waals surface area (Å²) in [5.41, 5.74) is -0.0923. The minimum atomic E-state index is -0.0923. The molecule has 88 valence electrons. The predicted octanol–water partition coefficient (Wildman–Crippen LogP) is 2.43. The highest BCUT2D eigenvalue weighted by molar-refractivity contribution is 7.12. The largest absolute Gasteiger partial charge is 0.396 e. The van der Waals surface area contributed by atoms with Gasteiger partial charge in [0.25, 0.3) is 0 Å². The maximum Gasteiger partial charge on any atom is 0.110 e. The van der Waals surface area contributed by atoms with Gasteiger partial charge in [0, 0.05) is 23.1 Å². The summed E-state index contributed by atoms with van der Waals surface area (Å²) >= 11 is 1.51. The van der Waals surface area contributed by atoms with E-state index in [1.54, 1.807) is 0 Å². The number of nitrogens with one attached hydrogen (secondary N) is 1. The minimum absolute atomic E-state index is 0.0923. The fraction of sp³-hybridized carbons (Fsp3) is 0.583. The molecule has 0 aliphatic rings. The highest BCUT2D eigenvalue weighted by Gasteiger charge is 2.20. The molecule has 0 bridgehead atoms. The molecule has 1 aromatic heterocycles. The quantitative estimate of drug-likeness (QED) is 0.828. The van der Waals surface area contributed by atoms with Gasteiger partial charge < -0.3 is 10.4 Å². The Balaban J connectivity index is 2.65. The average Bonchev–Trinajstić information content (AvgIpc) is 2.64. The van der Waals surface area contributed by atoms with Crippen molar-refractivity contribution in [3.8, 4) is 6.07 Å². The Hall–Kier alpha value is -0.890. The van der Waals surface area contributed by atoms with Gasteiger partial charge in [-0.1, -0.05) is 0 Å². The van der Waals surface area contributed by atoms with E-state index in [4.69, 9.17) is 10.4 Å². The number of aliphatic hydroxyl groups excluding tert-OH is 1. The van der Waals surface area contributed by atoms with Gasteiger partial charge in [-0.3, -0.25) is 0 Å². The SMILES string of the molecule is CC(NC(C)(C)CCO)c1ccc(C#N)s1. The lowest BCUT2D eigenvalue weighted by atomic mass is 10.00. The monoisotopic (exact) mass is 238 g/mol. The van der Waals surface area contributed by atoms with Gasteiger partial charge in [0.15, 0.2) is 0 Å². The molecule has 0 aliphatic heterocycles. The van der Waals surface area contributed by atoms with Crippen LogP contribution in [-0.4, -0.2) is 17.3 Å². The smallest absolute Gasteiger partial charge is 0.110 e. The van der Waals surface area contributed by atoms with Gasteiger partial charge in [0.2, 0.25) is 0 Å². The van der Waals surface area contributed by atoms with Gasteiger partial charge in [-0.25, -0.2) is 0 Å². The van der Waals surface area contributed by atoms with E-state index in [-0.39, 0.29) is 18.2 Å². The second-order valence-corrected chi connectivity index (χ2v) is 5.65. The Bertz CT molecular complexity index is 379. The minimum Gasteiger partial charge on any atom is -0.396 e. The molecule has 16 heavy (non-hydrogen) atoms. The lowest BCUT2D eigenvalue weighted by Crippen LogP contribution is -2.41. The first-order chi connectivity index (χ1) is 7.48. The summed E-state index contributed by atoms with van der Waals surface area (Å²) in [5, 5.41) is 21.2. The molecule has 1 aromatic rings. The standard InChI is InChI=1S/C12H18N2OS/c1-9(14-12(2,3)6-7-15)11-5-4-10(8-13)16-11/h4-5,9,14-15H,6-7H2,1-3H3. The summed E-state index contributed by atoms with van der Waals surface area (Å²) in [6, 6.07) is 6.17. The summed E-state index contributed by atoms with van der Waals surface area (Å²) in [6.45, 7) is 6.39. The fourth-order valence-electron chi connectivity index (χ4n) is 1.65. The van der Waals surface area contributed by atoms with Crippen LogP contribution in [0.15, 0.2) is 12.1 Å². The Morgan fingerprint density at radius 3 is 2.75 bits per heavy atom. The highest BCUT2D eigenvalue weighted by atomic mass is 32.1. The third-order valence-corrected chi connectivity index (χ3v) is 3.68. The van der Waals surface area contributed by atoms with Crippen LogP contribution in [0.2, 0.25) is 0 Å². The van der Waals surface area contributed by atoms with Gasteiger partial charge in [0.05, 0.1) is 0 Å². The van der Waals surface area contributed by atoms with Crippen molar-refractivity contribution in [2.75, 3.05) is 6.61 Å². The van der Waals surface area contributed by atoms with Crippen molar-refractivity contribution in [3.05, 3.63) is 21.9 Å². The van der Waals surface area contributed by atoms with Gasteiger partial charge >= 0.3 is 0 Å². The highest BCUT2D eigenvalue weighted by Crippen LogP contribution is 2.25. The molecule has 0 spiro atoms. The van der Waals surface area contributed by atoms with Gasteiger partial charge in [0.1, 0.15) is 10.9 Å². The molecule has 0 amide bonds. The maximum absolute atomic E-state index is 8.95. The lowest BCUT2D eigenvalue weighted by molar-refractivity contribution is 0.222. The normalized spacial score (nSPS) is 13.4. The first-order valence-electron chi connectivity index (χ1n) is 5.37. The van der Waals surface area contributed by atoms with Crippen LogP contribution in [-0.2, 0) is 0 Å². The van der Waals surface area contributed by atoms with Crippen LogP contribution >= 0.6 is 11.3 Å². The summed E-state index contributed by atoms with van der Waals surface area (Å²) in [5.74, 6) is 0. The topological polar surface area (TPSA) is 56.0 Å². The molecule has 0 aromatic carbocycles. The van der Waals surface area contributed by atoms with Gasteiger partial charge in [-0.2, -0.15) is 5.26 Å². The molecule has 4 heteroatoms. The van der Waals surface area contributed by atoms with Crippen LogP contribution in [0.1, 0.15) is 43.0 Å². The van der Waals surface area contributed by atoms with E-state index in [0.717, 1.165) is 9.75 Å². The molecule has 0 radical (unpaired) electrons. The summed E-state index contributed by atoms with van der Waals surface area (Å²) in [7, 11) is 0.